The fraction of sp³-hybridized carbons (Fsp3) is 0.250. The first-order chi connectivity index (χ1) is 8.97. The van der Waals surface area contributed by atoms with Gasteiger partial charge >= 0.3 is 6.18 Å². The fourth-order valence-electron chi connectivity index (χ4n) is 1.54. The summed E-state index contributed by atoms with van der Waals surface area (Å²) in [6.07, 6.45) is -1.01. The number of anilines is 1. The quantitative estimate of drug-likeness (QED) is 0.869. The van der Waals surface area contributed by atoms with Crippen LogP contribution in [0.2, 0.25) is 0 Å². The van der Waals surface area contributed by atoms with Crippen LogP contribution >= 0.6 is 0 Å². The smallest absolute Gasteiger partial charge is 0.416 e. The van der Waals surface area contributed by atoms with Gasteiger partial charge < -0.3 is 10.5 Å². The standard InChI is InChI=1S/C12H12F3N3O/c13-12(14,15)9-2-3-11(10(16)8-9)19-7-6-18-5-1-4-17-18/h1-5,8H,6-7,16H2. The molecular formula is C12H12F3N3O. The van der Waals surface area contributed by atoms with E-state index in [4.69, 9.17) is 10.5 Å². The van der Waals surface area contributed by atoms with Crippen LogP contribution in [-0.2, 0) is 12.7 Å². The third-order valence-corrected chi connectivity index (χ3v) is 2.47. The van der Waals surface area contributed by atoms with Crippen molar-refractivity contribution < 1.29 is 17.9 Å². The number of alkyl halides is 3. The maximum Gasteiger partial charge on any atom is 0.416 e. The molecule has 2 rings (SSSR count). The van der Waals surface area contributed by atoms with E-state index in [-0.39, 0.29) is 18.0 Å². The van der Waals surface area contributed by atoms with Crippen molar-refractivity contribution in [2.75, 3.05) is 12.3 Å². The third kappa shape index (κ3) is 3.40. The molecule has 2 N–H and O–H groups in total. The van der Waals surface area contributed by atoms with Gasteiger partial charge in [-0.1, -0.05) is 0 Å². The minimum absolute atomic E-state index is 0.0321. The summed E-state index contributed by atoms with van der Waals surface area (Å²) in [5.74, 6) is 0.236. The first-order valence-electron chi connectivity index (χ1n) is 5.54. The Morgan fingerprint density at radius 3 is 2.68 bits per heavy atom. The van der Waals surface area contributed by atoms with E-state index in [1.165, 1.54) is 6.07 Å². The van der Waals surface area contributed by atoms with Crippen molar-refractivity contribution in [3.8, 4) is 5.75 Å². The van der Waals surface area contributed by atoms with Crippen LogP contribution in [0.4, 0.5) is 18.9 Å². The summed E-state index contributed by atoms with van der Waals surface area (Å²) < 4.78 is 44.3. The zero-order valence-corrected chi connectivity index (χ0v) is 9.89. The molecule has 0 fully saturated rings. The van der Waals surface area contributed by atoms with Gasteiger partial charge in [-0.2, -0.15) is 18.3 Å². The van der Waals surface area contributed by atoms with Crippen molar-refractivity contribution >= 4 is 5.69 Å². The van der Waals surface area contributed by atoms with Crippen LogP contribution in [0, 0.1) is 0 Å². The minimum atomic E-state index is -4.40. The number of aromatic nitrogens is 2. The second-order valence-corrected chi connectivity index (χ2v) is 3.87. The summed E-state index contributed by atoms with van der Waals surface area (Å²) in [6, 6.07) is 4.80. The average molecular weight is 271 g/mol. The Balaban J connectivity index is 1.97. The molecule has 102 valence electrons. The topological polar surface area (TPSA) is 53.1 Å². The summed E-state index contributed by atoms with van der Waals surface area (Å²) in [5.41, 5.74) is 4.71. The highest BCUT2D eigenvalue weighted by Gasteiger charge is 2.30. The number of nitrogen functional groups attached to an aromatic ring is 1. The molecule has 0 spiro atoms. The van der Waals surface area contributed by atoms with Gasteiger partial charge in [-0.3, -0.25) is 4.68 Å². The van der Waals surface area contributed by atoms with Gasteiger partial charge in [-0.05, 0) is 24.3 Å². The maximum atomic E-state index is 12.4. The minimum Gasteiger partial charge on any atom is -0.490 e. The zero-order chi connectivity index (χ0) is 13.9. The zero-order valence-electron chi connectivity index (χ0n) is 9.89. The van der Waals surface area contributed by atoms with Crippen LogP contribution in [0.15, 0.2) is 36.7 Å². The molecule has 1 aromatic heterocycles. The van der Waals surface area contributed by atoms with E-state index in [1.807, 2.05) is 0 Å². The molecule has 0 saturated heterocycles. The third-order valence-electron chi connectivity index (χ3n) is 2.47. The summed E-state index contributed by atoms with van der Waals surface area (Å²) in [4.78, 5) is 0. The van der Waals surface area contributed by atoms with Crippen molar-refractivity contribution in [3.63, 3.8) is 0 Å². The second-order valence-electron chi connectivity index (χ2n) is 3.87. The molecule has 4 nitrogen and oxygen atoms in total. The van der Waals surface area contributed by atoms with Gasteiger partial charge in [0, 0.05) is 12.4 Å². The van der Waals surface area contributed by atoms with E-state index >= 15 is 0 Å². The number of ether oxygens (including phenoxy) is 1. The highest BCUT2D eigenvalue weighted by Crippen LogP contribution is 2.33. The van der Waals surface area contributed by atoms with E-state index in [0.29, 0.717) is 6.54 Å². The van der Waals surface area contributed by atoms with Crippen molar-refractivity contribution in [1.82, 2.24) is 9.78 Å². The van der Waals surface area contributed by atoms with Gasteiger partial charge in [0.1, 0.15) is 12.4 Å². The average Bonchev–Trinajstić information content (AvgIpc) is 2.83. The molecule has 1 aromatic carbocycles. The van der Waals surface area contributed by atoms with Gasteiger partial charge in [-0.25, -0.2) is 0 Å². The Morgan fingerprint density at radius 1 is 1.32 bits per heavy atom. The molecule has 7 heteroatoms. The molecule has 0 aliphatic rings. The molecule has 0 aliphatic carbocycles. The van der Waals surface area contributed by atoms with Crippen molar-refractivity contribution in [2.24, 2.45) is 0 Å². The van der Waals surface area contributed by atoms with Crippen molar-refractivity contribution in [3.05, 3.63) is 42.2 Å². The Morgan fingerprint density at radius 2 is 2.11 bits per heavy atom. The Hall–Kier alpha value is -2.18. The highest BCUT2D eigenvalue weighted by molar-refractivity contribution is 5.54. The lowest BCUT2D eigenvalue weighted by molar-refractivity contribution is -0.137. The van der Waals surface area contributed by atoms with Crippen LogP contribution in [0.5, 0.6) is 5.75 Å². The van der Waals surface area contributed by atoms with E-state index in [0.717, 1.165) is 12.1 Å². The molecule has 19 heavy (non-hydrogen) atoms. The number of nitrogens with zero attached hydrogens (tertiary/aromatic N) is 2. The largest absolute Gasteiger partial charge is 0.490 e. The van der Waals surface area contributed by atoms with Crippen molar-refractivity contribution in [2.45, 2.75) is 12.7 Å². The number of benzene rings is 1. The lowest BCUT2D eigenvalue weighted by Crippen LogP contribution is -2.10. The number of hydrogen-bond acceptors (Lipinski definition) is 3. The SMILES string of the molecule is Nc1cc(C(F)(F)F)ccc1OCCn1cccn1. The van der Waals surface area contributed by atoms with E-state index in [1.54, 1.807) is 23.1 Å². The number of hydrogen-bond donors (Lipinski definition) is 1. The van der Waals surface area contributed by atoms with Crippen LogP contribution in [-0.4, -0.2) is 16.4 Å². The summed E-state index contributed by atoms with van der Waals surface area (Å²) in [7, 11) is 0. The molecule has 0 aliphatic heterocycles. The van der Waals surface area contributed by atoms with Gasteiger partial charge in [0.15, 0.2) is 0 Å². The van der Waals surface area contributed by atoms with Gasteiger partial charge in [0.2, 0.25) is 0 Å². The van der Waals surface area contributed by atoms with Gasteiger partial charge in [-0.15, -0.1) is 0 Å². The summed E-state index contributed by atoms with van der Waals surface area (Å²) >= 11 is 0. The lowest BCUT2D eigenvalue weighted by atomic mass is 10.2. The van der Waals surface area contributed by atoms with Crippen LogP contribution < -0.4 is 10.5 Å². The molecule has 0 unspecified atom stereocenters. The first kappa shape index (κ1) is 13.3. The molecular weight excluding hydrogens is 259 g/mol. The Bertz CT molecular complexity index is 538. The molecule has 0 amide bonds. The summed E-state index contributed by atoms with van der Waals surface area (Å²) in [6.45, 7) is 0.769. The molecule has 0 saturated carbocycles. The van der Waals surface area contributed by atoms with E-state index in [2.05, 4.69) is 5.10 Å². The molecule has 2 aromatic rings. The lowest BCUT2D eigenvalue weighted by Gasteiger charge is -2.12. The number of rotatable bonds is 4. The predicted octanol–water partition coefficient (Wildman–Crippen LogP) is 2.56. The first-order valence-corrected chi connectivity index (χ1v) is 5.54. The molecule has 0 atom stereocenters. The van der Waals surface area contributed by atoms with Gasteiger partial charge in [0.25, 0.3) is 0 Å². The second kappa shape index (κ2) is 5.21. The maximum absolute atomic E-state index is 12.4. The normalized spacial score (nSPS) is 11.5. The van der Waals surface area contributed by atoms with Crippen LogP contribution in [0.3, 0.4) is 0 Å². The van der Waals surface area contributed by atoms with Crippen LogP contribution in [0.1, 0.15) is 5.56 Å². The van der Waals surface area contributed by atoms with Crippen LogP contribution in [0.25, 0.3) is 0 Å². The van der Waals surface area contributed by atoms with E-state index < -0.39 is 11.7 Å². The van der Waals surface area contributed by atoms with Gasteiger partial charge in [0.05, 0.1) is 17.8 Å². The number of halogens is 3. The Labute approximate surface area is 107 Å². The number of nitrogens with two attached hydrogens (primary N) is 1. The molecule has 1 heterocycles. The molecule has 0 bridgehead atoms. The molecule has 0 radical (unpaired) electrons. The predicted molar refractivity (Wildman–Crippen MR) is 63.6 cm³/mol. The van der Waals surface area contributed by atoms with Crippen molar-refractivity contribution in [1.29, 1.82) is 0 Å². The Kier molecular flexibility index (Phi) is 3.64. The van der Waals surface area contributed by atoms with E-state index in [9.17, 15) is 13.2 Å². The fourth-order valence-corrected chi connectivity index (χ4v) is 1.54. The monoisotopic (exact) mass is 271 g/mol. The summed E-state index contributed by atoms with van der Waals surface area (Å²) in [5, 5.41) is 3.97. The highest BCUT2D eigenvalue weighted by atomic mass is 19.4.